The fraction of sp³-hybridized carbons (Fsp3) is 0.524. The molecule has 1 saturated heterocycles. The number of fused-ring (bicyclic) bond motifs is 2. The third-order valence-electron chi connectivity index (χ3n) is 7.07. The first-order chi connectivity index (χ1) is 14.1. The number of carboxylic acid groups (broad SMARTS) is 1. The molecule has 2 heterocycles. The molecule has 33 heavy (non-hydrogen) atoms. The van der Waals surface area contributed by atoms with Gasteiger partial charge in [-0.3, -0.25) is 4.79 Å². The number of pyridine rings is 1. The number of aryl methyl sites for hydroxylation is 1. The number of nitrogens with two attached hydrogens (primary N) is 1. The Labute approximate surface area is 193 Å². The van der Waals surface area contributed by atoms with E-state index in [0.717, 1.165) is 12.3 Å². The van der Waals surface area contributed by atoms with Crippen LogP contribution in [0.3, 0.4) is 0 Å². The summed E-state index contributed by atoms with van der Waals surface area (Å²) in [5.41, 5.74) is 3.04. The Morgan fingerprint density at radius 3 is 2.45 bits per heavy atom. The van der Waals surface area contributed by atoms with E-state index in [4.69, 9.17) is 5.73 Å². The number of nitrogens with zero attached hydrogens (tertiary/aromatic N) is 2. The lowest BCUT2D eigenvalue weighted by Crippen LogP contribution is -2.53. The number of benzene rings is 1. The summed E-state index contributed by atoms with van der Waals surface area (Å²) in [6.07, 6.45) is 1.65. The predicted octanol–water partition coefficient (Wildman–Crippen LogP) is 1.61. The molecule has 4 atom stereocenters. The van der Waals surface area contributed by atoms with Crippen molar-refractivity contribution in [2.75, 3.05) is 18.0 Å². The maximum absolute atomic E-state index is 15.4. The molecule has 2 aliphatic carbocycles. The summed E-state index contributed by atoms with van der Waals surface area (Å²) < 4.78 is 45.9. The van der Waals surface area contributed by atoms with Crippen molar-refractivity contribution in [3.05, 3.63) is 39.4 Å². The zero-order chi connectivity index (χ0) is 21.6. The quantitative estimate of drug-likeness (QED) is 0.665. The fourth-order valence-corrected chi connectivity index (χ4v) is 5.38. The van der Waals surface area contributed by atoms with Crippen molar-refractivity contribution in [1.82, 2.24) is 4.57 Å². The van der Waals surface area contributed by atoms with Gasteiger partial charge in [-0.1, -0.05) is 0 Å². The maximum atomic E-state index is 15.4. The van der Waals surface area contributed by atoms with E-state index in [1.807, 2.05) is 0 Å². The minimum Gasteiger partial charge on any atom is -0.477 e. The van der Waals surface area contributed by atoms with Crippen molar-refractivity contribution < 1.29 is 34.0 Å². The SMILES string of the molecule is Cc1c(N2C[C@]3(N)CCC[C@]3(F)C2)c(F)cc2c(=O)c(C(=O)O)cn([C@H]3C[C@@H]3F)c12.Cl.O.O. The third kappa shape index (κ3) is 3.67. The van der Waals surface area contributed by atoms with E-state index >= 15 is 8.78 Å². The van der Waals surface area contributed by atoms with Crippen LogP contribution in [0, 0.1) is 12.7 Å². The van der Waals surface area contributed by atoms with Gasteiger partial charge in [-0.2, -0.15) is 0 Å². The molecule has 2 aromatic rings. The van der Waals surface area contributed by atoms with Crippen molar-refractivity contribution in [2.45, 2.75) is 56.0 Å². The van der Waals surface area contributed by atoms with Gasteiger partial charge in [0.15, 0.2) is 0 Å². The number of aromatic nitrogens is 1. The first-order valence-electron chi connectivity index (χ1n) is 10.0. The molecule has 1 aromatic carbocycles. The van der Waals surface area contributed by atoms with E-state index in [-0.39, 0.29) is 59.5 Å². The molecule has 0 amide bonds. The molecular weight excluding hydrogens is 467 g/mol. The van der Waals surface area contributed by atoms with Gasteiger partial charge in [0.2, 0.25) is 5.43 Å². The second-order valence-corrected chi connectivity index (χ2v) is 8.96. The highest BCUT2D eigenvalue weighted by molar-refractivity contribution is 5.95. The highest BCUT2D eigenvalue weighted by Gasteiger charge is 2.60. The second kappa shape index (κ2) is 8.46. The minimum atomic E-state index is -1.62. The molecule has 3 fully saturated rings. The Kier molecular flexibility index (Phi) is 6.90. The number of alkyl halides is 2. The van der Waals surface area contributed by atoms with Crippen molar-refractivity contribution in [1.29, 1.82) is 0 Å². The van der Waals surface area contributed by atoms with E-state index < -0.39 is 46.2 Å². The number of anilines is 1. The first kappa shape index (κ1) is 26.9. The zero-order valence-corrected chi connectivity index (χ0v) is 18.6. The molecule has 0 bridgehead atoms. The van der Waals surface area contributed by atoms with Crippen LogP contribution in [-0.4, -0.2) is 57.1 Å². The summed E-state index contributed by atoms with van der Waals surface area (Å²) in [6.45, 7) is 1.67. The van der Waals surface area contributed by atoms with Gasteiger partial charge in [-0.05, 0) is 37.8 Å². The van der Waals surface area contributed by atoms with Gasteiger partial charge in [-0.15, -0.1) is 12.4 Å². The van der Waals surface area contributed by atoms with Gasteiger partial charge in [0, 0.05) is 24.5 Å². The standard InChI is InChI=1S/C21H22F3N3O3.ClH.2H2O/c1-10-16-11(18(28)12(19(29)30)7-27(16)15-6-13(15)22)5-14(23)17(10)26-8-20(24)3-2-4-21(20,25)9-26;;;/h5,7,13,15H,2-4,6,8-9,25H2,1H3,(H,29,30);1H;2*1H2/t13-,15-,20-,21+;;;/m0.../s1. The van der Waals surface area contributed by atoms with Crippen LogP contribution in [0.25, 0.3) is 10.9 Å². The van der Waals surface area contributed by atoms with E-state index in [9.17, 15) is 19.1 Å². The van der Waals surface area contributed by atoms with Crippen LogP contribution in [0.4, 0.5) is 18.9 Å². The normalized spacial score (nSPS) is 29.7. The van der Waals surface area contributed by atoms with Crippen LogP contribution >= 0.6 is 12.4 Å². The molecule has 184 valence electrons. The molecule has 12 heteroatoms. The lowest BCUT2D eigenvalue weighted by Gasteiger charge is -2.27. The van der Waals surface area contributed by atoms with Crippen LogP contribution < -0.4 is 16.1 Å². The van der Waals surface area contributed by atoms with Crippen LogP contribution in [0.15, 0.2) is 17.1 Å². The molecule has 8 nitrogen and oxygen atoms in total. The molecule has 0 radical (unpaired) electrons. The van der Waals surface area contributed by atoms with Crippen LogP contribution in [0.1, 0.15) is 47.6 Å². The summed E-state index contributed by atoms with van der Waals surface area (Å²) in [6, 6.07) is 0.371. The van der Waals surface area contributed by atoms with Crippen molar-refractivity contribution in [3.8, 4) is 0 Å². The third-order valence-corrected chi connectivity index (χ3v) is 7.07. The summed E-state index contributed by atoms with van der Waals surface area (Å²) in [5.74, 6) is -2.20. The number of carbonyl (C=O) groups is 1. The molecule has 1 aliphatic heterocycles. The largest absolute Gasteiger partial charge is 0.477 e. The molecule has 7 N–H and O–H groups in total. The van der Waals surface area contributed by atoms with Gasteiger partial charge < -0.3 is 31.3 Å². The predicted molar refractivity (Wildman–Crippen MR) is 120 cm³/mol. The number of carboxylic acids is 1. The van der Waals surface area contributed by atoms with E-state index in [0.29, 0.717) is 24.8 Å². The number of hydrogen-bond donors (Lipinski definition) is 2. The molecule has 1 aromatic heterocycles. The zero-order valence-electron chi connectivity index (χ0n) is 17.8. The molecule has 0 spiro atoms. The van der Waals surface area contributed by atoms with Crippen LogP contribution in [0.2, 0.25) is 0 Å². The Bertz CT molecular complexity index is 1160. The topological polar surface area (TPSA) is 152 Å². The molecular formula is C21H27ClF3N3O5. The van der Waals surface area contributed by atoms with Gasteiger partial charge in [0.1, 0.15) is 23.2 Å². The van der Waals surface area contributed by atoms with E-state index in [1.165, 1.54) is 4.57 Å². The Morgan fingerprint density at radius 2 is 1.91 bits per heavy atom. The molecule has 5 rings (SSSR count). The van der Waals surface area contributed by atoms with Gasteiger partial charge in [-0.25, -0.2) is 18.0 Å². The maximum Gasteiger partial charge on any atom is 0.341 e. The Balaban J connectivity index is 0.00000128. The summed E-state index contributed by atoms with van der Waals surface area (Å²) in [5, 5.41) is 9.25. The van der Waals surface area contributed by atoms with Gasteiger partial charge in [0.05, 0.1) is 29.3 Å². The summed E-state index contributed by atoms with van der Waals surface area (Å²) in [7, 11) is 0. The van der Waals surface area contributed by atoms with E-state index in [1.54, 1.807) is 11.8 Å². The van der Waals surface area contributed by atoms with Crippen LogP contribution in [0.5, 0.6) is 0 Å². The first-order valence-corrected chi connectivity index (χ1v) is 10.0. The van der Waals surface area contributed by atoms with Gasteiger partial charge >= 0.3 is 5.97 Å². The molecule has 0 unspecified atom stereocenters. The van der Waals surface area contributed by atoms with E-state index in [2.05, 4.69) is 0 Å². The summed E-state index contributed by atoms with van der Waals surface area (Å²) in [4.78, 5) is 25.8. The monoisotopic (exact) mass is 493 g/mol. The Morgan fingerprint density at radius 1 is 1.27 bits per heavy atom. The van der Waals surface area contributed by atoms with Crippen molar-refractivity contribution in [3.63, 3.8) is 0 Å². The average molecular weight is 494 g/mol. The van der Waals surface area contributed by atoms with Crippen molar-refractivity contribution >= 4 is 35.0 Å². The number of halogens is 4. The second-order valence-electron chi connectivity index (χ2n) is 8.96. The minimum absolute atomic E-state index is 0. The fourth-order valence-electron chi connectivity index (χ4n) is 5.38. The van der Waals surface area contributed by atoms with Crippen molar-refractivity contribution in [2.24, 2.45) is 5.73 Å². The smallest absolute Gasteiger partial charge is 0.341 e. The number of hydrogen-bond acceptors (Lipinski definition) is 4. The lowest BCUT2D eigenvalue weighted by atomic mass is 9.89. The summed E-state index contributed by atoms with van der Waals surface area (Å²) >= 11 is 0. The molecule has 2 saturated carbocycles. The lowest BCUT2D eigenvalue weighted by molar-refractivity contribution is 0.0694. The Hall–Kier alpha value is -2.34. The number of rotatable bonds is 3. The highest BCUT2D eigenvalue weighted by Crippen LogP contribution is 2.49. The molecule has 3 aliphatic rings. The highest BCUT2D eigenvalue weighted by atomic mass is 35.5. The average Bonchev–Trinajstić information content (AvgIpc) is 3.22. The van der Waals surface area contributed by atoms with Gasteiger partial charge in [0.25, 0.3) is 0 Å². The number of aromatic carboxylic acids is 1. The van der Waals surface area contributed by atoms with Crippen LogP contribution in [-0.2, 0) is 0 Å².